The molecule has 3 N–H and O–H groups in total. The smallest absolute Gasteiger partial charge is 0.242 e. The first-order chi connectivity index (χ1) is 9.36. The maximum absolute atomic E-state index is 12.0. The molecule has 0 saturated carbocycles. The maximum Gasteiger partial charge on any atom is 0.242 e. The molecule has 6 nitrogen and oxygen atoms in total. The quantitative estimate of drug-likeness (QED) is 0.742. The summed E-state index contributed by atoms with van der Waals surface area (Å²) in [5.74, 6) is 1.69. The standard InChI is InChI=1S/C14H25N5O/c1-8(2)11-12(15-6)16-7-17-13(11)19-10(5)14(20)18-9(3)4/h7-10H,1-6H3,(H,18,20)(H2,15,16,17,19). The second kappa shape index (κ2) is 7.07. The van der Waals surface area contributed by atoms with Gasteiger partial charge in [0.05, 0.1) is 0 Å². The van der Waals surface area contributed by atoms with Crippen molar-refractivity contribution in [3.8, 4) is 0 Å². The topological polar surface area (TPSA) is 78.9 Å². The number of nitrogens with one attached hydrogen (secondary N) is 3. The summed E-state index contributed by atoms with van der Waals surface area (Å²) in [5.41, 5.74) is 0.985. The Hall–Kier alpha value is -1.85. The van der Waals surface area contributed by atoms with Gasteiger partial charge in [0, 0.05) is 18.7 Å². The van der Waals surface area contributed by atoms with E-state index in [0.717, 1.165) is 11.4 Å². The van der Waals surface area contributed by atoms with Gasteiger partial charge >= 0.3 is 0 Å². The Morgan fingerprint density at radius 1 is 1.10 bits per heavy atom. The van der Waals surface area contributed by atoms with Crippen molar-refractivity contribution < 1.29 is 4.79 Å². The van der Waals surface area contributed by atoms with Crippen molar-refractivity contribution in [3.63, 3.8) is 0 Å². The van der Waals surface area contributed by atoms with Crippen molar-refractivity contribution in [1.29, 1.82) is 0 Å². The third-order valence-corrected chi connectivity index (χ3v) is 2.88. The number of hydrogen-bond donors (Lipinski definition) is 3. The van der Waals surface area contributed by atoms with Crippen LogP contribution in [0.2, 0.25) is 0 Å². The van der Waals surface area contributed by atoms with Crippen LogP contribution >= 0.6 is 0 Å². The van der Waals surface area contributed by atoms with E-state index in [-0.39, 0.29) is 23.9 Å². The Morgan fingerprint density at radius 2 is 1.70 bits per heavy atom. The largest absolute Gasteiger partial charge is 0.373 e. The highest BCUT2D eigenvalue weighted by Gasteiger charge is 2.19. The first kappa shape index (κ1) is 16.2. The number of carbonyl (C=O) groups excluding carboxylic acids is 1. The van der Waals surface area contributed by atoms with E-state index in [1.165, 1.54) is 6.33 Å². The molecule has 20 heavy (non-hydrogen) atoms. The van der Waals surface area contributed by atoms with Crippen LogP contribution in [0.15, 0.2) is 6.33 Å². The SMILES string of the molecule is CNc1ncnc(NC(C)C(=O)NC(C)C)c1C(C)C. The number of aromatic nitrogens is 2. The number of amides is 1. The van der Waals surface area contributed by atoms with Gasteiger partial charge in [-0.1, -0.05) is 13.8 Å². The van der Waals surface area contributed by atoms with Crippen LogP contribution < -0.4 is 16.0 Å². The lowest BCUT2D eigenvalue weighted by Crippen LogP contribution is -2.41. The monoisotopic (exact) mass is 279 g/mol. The van der Waals surface area contributed by atoms with Crippen LogP contribution in [0.1, 0.15) is 46.1 Å². The molecule has 1 atom stereocenters. The molecule has 1 heterocycles. The van der Waals surface area contributed by atoms with Crippen molar-refractivity contribution in [3.05, 3.63) is 11.9 Å². The molecule has 1 rings (SSSR count). The van der Waals surface area contributed by atoms with E-state index in [4.69, 9.17) is 0 Å². The van der Waals surface area contributed by atoms with Gasteiger partial charge in [-0.25, -0.2) is 9.97 Å². The fraction of sp³-hybridized carbons (Fsp3) is 0.643. The van der Waals surface area contributed by atoms with Crippen LogP contribution in [0.4, 0.5) is 11.6 Å². The van der Waals surface area contributed by atoms with Crippen LogP contribution in [0.5, 0.6) is 0 Å². The van der Waals surface area contributed by atoms with Crippen molar-refractivity contribution in [2.75, 3.05) is 17.7 Å². The molecular formula is C14H25N5O. The van der Waals surface area contributed by atoms with E-state index in [1.807, 2.05) is 27.8 Å². The molecule has 1 aromatic rings. The van der Waals surface area contributed by atoms with E-state index in [1.54, 1.807) is 0 Å². The first-order valence-corrected chi connectivity index (χ1v) is 6.96. The summed E-state index contributed by atoms with van der Waals surface area (Å²) >= 11 is 0. The predicted molar refractivity (Wildman–Crippen MR) is 82.0 cm³/mol. The average molecular weight is 279 g/mol. The van der Waals surface area contributed by atoms with Gasteiger partial charge in [0.2, 0.25) is 5.91 Å². The molecule has 0 aliphatic carbocycles. The zero-order valence-electron chi connectivity index (χ0n) is 13.1. The summed E-state index contributed by atoms with van der Waals surface area (Å²) in [4.78, 5) is 20.4. The number of anilines is 2. The zero-order chi connectivity index (χ0) is 15.3. The summed E-state index contributed by atoms with van der Waals surface area (Å²) in [6.45, 7) is 9.85. The van der Waals surface area contributed by atoms with Gasteiger partial charge in [0.1, 0.15) is 24.0 Å². The minimum absolute atomic E-state index is 0.0423. The van der Waals surface area contributed by atoms with Crippen LogP contribution in [0.3, 0.4) is 0 Å². The number of carbonyl (C=O) groups is 1. The number of rotatable bonds is 6. The van der Waals surface area contributed by atoms with Crippen LogP contribution in [-0.2, 0) is 4.79 Å². The van der Waals surface area contributed by atoms with E-state index >= 15 is 0 Å². The molecule has 0 bridgehead atoms. The molecule has 1 unspecified atom stereocenters. The lowest BCUT2D eigenvalue weighted by Gasteiger charge is -2.20. The van der Waals surface area contributed by atoms with Crippen molar-refractivity contribution in [1.82, 2.24) is 15.3 Å². The maximum atomic E-state index is 12.0. The van der Waals surface area contributed by atoms with Gasteiger partial charge in [-0.05, 0) is 26.7 Å². The predicted octanol–water partition coefficient (Wildman–Crippen LogP) is 1.97. The van der Waals surface area contributed by atoms with Gasteiger partial charge in [0.15, 0.2) is 0 Å². The molecule has 6 heteroatoms. The zero-order valence-corrected chi connectivity index (χ0v) is 13.1. The molecule has 0 aliphatic rings. The Balaban J connectivity index is 2.94. The van der Waals surface area contributed by atoms with Gasteiger partial charge in [-0.15, -0.1) is 0 Å². The lowest BCUT2D eigenvalue weighted by atomic mass is 10.0. The highest BCUT2D eigenvalue weighted by molar-refractivity contribution is 5.84. The second-order valence-corrected chi connectivity index (χ2v) is 5.42. The van der Waals surface area contributed by atoms with E-state index < -0.39 is 0 Å². The van der Waals surface area contributed by atoms with Crippen molar-refractivity contribution >= 4 is 17.5 Å². The van der Waals surface area contributed by atoms with Crippen LogP contribution in [0.25, 0.3) is 0 Å². The minimum Gasteiger partial charge on any atom is -0.373 e. The first-order valence-electron chi connectivity index (χ1n) is 6.96. The third-order valence-electron chi connectivity index (χ3n) is 2.88. The second-order valence-electron chi connectivity index (χ2n) is 5.42. The summed E-state index contributed by atoms with van der Waals surface area (Å²) in [5, 5.41) is 9.11. The van der Waals surface area contributed by atoms with Gasteiger partial charge in [-0.2, -0.15) is 0 Å². The normalized spacial score (nSPS) is 12.4. The fourth-order valence-electron chi connectivity index (χ4n) is 1.94. The molecule has 1 amide bonds. The summed E-state index contributed by atoms with van der Waals surface area (Å²) < 4.78 is 0. The third kappa shape index (κ3) is 4.08. The Bertz CT molecular complexity index is 459. The molecule has 112 valence electrons. The molecule has 0 aromatic carbocycles. The van der Waals surface area contributed by atoms with Crippen molar-refractivity contribution in [2.45, 2.75) is 52.6 Å². The Morgan fingerprint density at radius 3 is 2.20 bits per heavy atom. The summed E-state index contributed by atoms with van der Waals surface area (Å²) in [6, 6.07) is -0.232. The lowest BCUT2D eigenvalue weighted by molar-refractivity contribution is -0.122. The minimum atomic E-state index is -0.352. The molecule has 0 fully saturated rings. The van der Waals surface area contributed by atoms with Gasteiger partial charge in [-0.3, -0.25) is 4.79 Å². The number of nitrogens with zero attached hydrogens (tertiary/aromatic N) is 2. The molecule has 0 radical (unpaired) electrons. The molecular weight excluding hydrogens is 254 g/mol. The van der Waals surface area contributed by atoms with Gasteiger partial charge in [0.25, 0.3) is 0 Å². The Labute approximate surface area is 120 Å². The summed E-state index contributed by atoms with van der Waals surface area (Å²) in [7, 11) is 1.83. The Kier molecular flexibility index (Phi) is 5.73. The van der Waals surface area contributed by atoms with Crippen LogP contribution in [-0.4, -0.2) is 35.0 Å². The molecule has 0 saturated heterocycles. The molecule has 0 aliphatic heterocycles. The van der Waals surface area contributed by atoms with Gasteiger partial charge < -0.3 is 16.0 Å². The average Bonchev–Trinajstić information content (AvgIpc) is 2.37. The van der Waals surface area contributed by atoms with E-state index in [0.29, 0.717) is 5.82 Å². The van der Waals surface area contributed by atoms with E-state index in [9.17, 15) is 4.79 Å². The van der Waals surface area contributed by atoms with E-state index in [2.05, 4.69) is 39.8 Å². The summed E-state index contributed by atoms with van der Waals surface area (Å²) in [6.07, 6.45) is 1.49. The molecule has 0 spiro atoms. The highest BCUT2D eigenvalue weighted by Crippen LogP contribution is 2.28. The fourth-order valence-corrected chi connectivity index (χ4v) is 1.94. The van der Waals surface area contributed by atoms with Crippen LogP contribution in [0, 0.1) is 0 Å². The number of hydrogen-bond acceptors (Lipinski definition) is 5. The highest BCUT2D eigenvalue weighted by atomic mass is 16.2. The van der Waals surface area contributed by atoms with Crippen molar-refractivity contribution in [2.24, 2.45) is 0 Å². The molecule has 1 aromatic heterocycles.